The minimum atomic E-state index is -0.800. The maximum Gasteiger partial charge on any atom is 0.328 e. The van der Waals surface area contributed by atoms with E-state index in [0.717, 1.165) is 18.4 Å². The van der Waals surface area contributed by atoms with Crippen LogP contribution in [0.1, 0.15) is 25.7 Å². The second-order valence-electron chi connectivity index (χ2n) is 3.69. The molecular formula is C9H13NO2. The summed E-state index contributed by atoms with van der Waals surface area (Å²) < 4.78 is 0. The highest BCUT2D eigenvalue weighted by Gasteiger charge is 2.30. The Bertz CT molecular complexity index is 221. The summed E-state index contributed by atoms with van der Waals surface area (Å²) in [5.74, 6) is -0.800. The lowest BCUT2D eigenvalue weighted by atomic mass is 9.99. The Kier molecular flexibility index (Phi) is 1.89. The first-order valence-electron chi connectivity index (χ1n) is 4.42. The fraction of sp³-hybridized carbons (Fsp3) is 0.667. The molecule has 3 heteroatoms. The summed E-state index contributed by atoms with van der Waals surface area (Å²) in [7, 11) is 0. The summed E-state index contributed by atoms with van der Waals surface area (Å²) in [6.07, 6.45) is 5.67. The molecule has 0 aromatic carbocycles. The highest BCUT2D eigenvalue weighted by Crippen LogP contribution is 2.29. The van der Waals surface area contributed by atoms with Crippen molar-refractivity contribution in [3.05, 3.63) is 11.6 Å². The van der Waals surface area contributed by atoms with Crippen LogP contribution in [0.3, 0.4) is 0 Å². The van der Waals surface area contributed by atoms with E-state index in [1.54, 1.807) is 0 Å². The van der Waals surface area contributed by atoms with Gasteiger partial charge in [0.1, 0.15) is 0 Å². The van der Waals surface area contributed by atoms with Gasteiger partial charge in [-0.1, -0.05) is 5.57 Å². The van der Waals surface area contributed by atoms with Gasteiger partial charge in [-0.15, -0.1) is 0 Å². The van der Waals surface area contributed by atoms with E-state index in [2.05, 4.69) is 5.32 Å². The third-order valence-corrected chi connectivity index (χ3v) is 2.68. The van der Waals surface area contributed by atoms with Crippen LogP contribution in [0, 0.1) is 0 Å². The monoisotopic (exact) mass is 167 g/mol. The average molecular weight is 167 g/mol. The van der Waals surface area contributed by atoms with Gasteiger partial charge in [-0.2, -0.15) is 0 Å². The number of hydrogen-bond donors (Lipinski definition) is 2. The molecule has 12 heavy (non-hydrogen) atoms. The van der Waals surface area contributed by atoms with Crippen molar-refractivity contribution in [2.45, 2.75) is 37.8 Å². The largest absolute Gasteiger partial charge is 0.478 e. The third kappa shape index (κ3) is 1.50. The molecular weight excluding hydrogens is 154 g/mol. The minimum absolute atomic E-state index is 0.550. The van der Waals surface area contributed by atoms with Crippen LogP contribution in [0.4, 0.5) is 0 Å². The van der Waals surface area contributed by atoms with Gasteiger partial charge in [0.05, 0.1) is 0 Å². The molecule has 2 atom stereocenters. The maximum absolute atomic E-state index is 10.4. The van der Waals surface area contributed by atoms with Gasteiger partial charge in [-0.25, -0.2) is 4.79 Å². The smallest absolute Gasteiger partial charge is 0.328 e. The van der Waals surface area contributed by atoms with E-state index in [0.29, 0.717) is 12.1 Å². The van der Waals surface area contributed by atoms with Crippen molar-refractivity contribution in [2.75, 3.05) is 0 Å². The van der Waals surface area contributed by atoms with Crippen LogP contribution in [0.15, 0.2) is 11.6 Å². The first-order valence-corrected chi connectivity index (χ1v) is 4.42. The standard InChI is InChI=1S/C9H13NO2/c11-9(12)5-6-3-7-1-2-8(4-6)10-7/h5,7-8,10H,1-4H2,(H,11,12). The molecule has 2 saturated heterocycles. The second kappa shape index (κ2) is 2.90. The van der Waals surface area contributed by atoms with Gasteiger partial charge >= 0.3 is 5.97 Å². The first kappa shape index (κ1) is 7.80. The van der Waals surface area contributed by atoms with Crippen molar-refractivity contribution >= 4 is 5.97 Å². The van der Waals surface area contributed by atoms with E-state index >= 15 is 0 Å². The van der Waals surface area contributed by atoms with E-state index in [1.807, 2.05) is 0 Å². The summed E-state index contributed by atoms with van der Waals surface area (Å²) in [6.45, 7) is 0. The normalized spacial score (nSPS) is 33.5. The quantitative estimate of drug-likeness (QED) is 0.571. The van der Waals surface area contributed by atoms with Crippen molar-refractivity contribution in [3.8, 4) is 0 Å². The van der Waals surface area contributed by atoms with E-state index in [9.17, 15) is 4.79 Å². The Morgan fingerprint density at radius 1 is 1.42 bits per heavy atom. The Labute approximate surface area is 71.5 Å². The molecule has 2 heterocycles. The molecule has 0 aliphatic carbocycles. The number of fused-ring (bicyclic) bond motifs is 2. The van der Waals surface area contributed by atoms with Crippen molar-refractivity contribution < 1.29 is 9.90 Å². The molecule has 2 unspecified atom stereocenters. The Hall–Kier alpha value is -0.830. The van der Waals surface area contributed by atoms with Crippen LogP contribution in [0.5, 0.6) is 0 Å². The molecule has 0 saturated carbocycles. The van der Waals surface area contributed by atoms with E-state index in [1.165, 1.54) is 18.9 Å². The molecule has 3 nitrogen and oxygen atoms in total. The lowest BCUT2D eigenvalue weighted by Gasteiger charge is -2.22. The van der Waals surface area contributed by atoms with E-state index < -0.39 is 5.97 Å². The van der Waals surface area contributed by atoms with Crippen molar-refractivity contribution in [1.82, 2.24) is 5.32 Å². The zero-order chi connectivity index (χ0) is 8.55. The zero-order valence-corrected chi connectivity index (χ0v) is 6.92. The predicted octanol–water partition coefficient (Wildman–Crippen LogP) is 0.912. The van der Waals surface area contributed by atoms with Gasteiger partial charge in [0.2, 0.25) is 0 Å². The molecule has 0 spiro atoms. The van der Waals surface area contributed by atoms with Gasteiger partial charge in [0.15, 0.2) is 0 Å². The number of carbonyl (C=O) groups is 1. The van der Waals surface area contributed by atoms with Gasteiger partial charge in [0, 0.05) is 18.2 Å². The number of hydrogen-bond acceptors (Lipinski definition) is 2. The Balaban J connectivity index is 2.07. The Morgan fingerprint density at radius 3 is 2.50 bits per heavy atom. The molecule has 2 aliphatic rings. The van der Waals surface area contributed by atoms with Crippen LogP contribution in [0.25, 0.3) is 0 Å². The predicted molar refractivity (Wildman–Crippen MR) is 44.9 cm³/mol. The molecule has 0 amide bonds. The summed E-state index contributed by atoms with van der Waals surface area (Å²) in [6, 6.07) is 1.10. The Morgan fingerprint density at radius 2 is 2.00 bits per heavy atom. The maximum atomic E-state index is 10.4. The van der Waals surface area contributed by atoms with Gasteiger partial charge in [-0.3, -0.25) is 0 Å². The molecule has 2 rings (SSSR count). The molecule has 66 valence electrons. The molecule has 2 bridgehead atoms. The fourth-order valence-electron chi connectivity index (χ4n) is 2.23. The molecule has 2 fully saturated rings. The fourth-order valence-corrected chi connectivity index (χ4v) is 2.23. The van der Waals surface area contributed by atoms with Crippen LogP contribution < -0.4 is 5.32 Å². The van der Waals surface area contributed by atoms with Crippen molar-refractivity contribution in [3.63, 3.8) is 0 Å². The lowest BCUT2D eigenvalue weighted by molar-refractivity contribution is -0.131. The van der Waals surface area contributed by atoms with Gasteiger partial charge in [-0.05, 0) is 25.7 Å². The number of carboxylic acid groups (broad SMARTS) is 1. The number of nitrogens with one attached hydrogen (secondary N) is 1. The molecule has 2 aliphatic heterocycles. The molecule has 0 radical (unpaired) electrons. The lowest BCUT2D eigenvalue weighted by Crippen LogP contribution is -2.34. The van der Waals surface area contributed by atoms with E-state index in [-0.39, 0.29) is 0 Å². The summed E-state index contributed by atoms with van der Waals surface area (Å²) in [4.78, 5) is 10.4. The van der Waals surface area contributed by atoms with Crippen molar-refractivity contribution in [2.24, 2.45) is 0 Å². The number of aliphatic carboxylic acids is 1. The third-order valence-electron chi connectivity index (χ3n) is 2.68. The first-order chi connectivity index (χ1) is 5.74. The molecule has 2 N–H and O–H groups in total. The summed E-state index contributed by atoms with van der Waals surface area (Å²) in [5, 5.41) is 12.0. The second-order valence-corrected chi connectivity index (χ2v) is 3.69. The molecule has 0 aromatic rings. The van der Waals surface area contributed by atoms with Gasteiger partial charge in [0.25, 0.3) is 0 Å². The van der Waals surface area contributed by atoms with Crippen molar-refractivity contribution in [1.29, 1.82) is 0 Å². The zero-order valence-electron chi connectivity index (χ0n) is 6.92. The number of carboxylic acids is 1. The number of rotatable bonds is 1. The van der Waals surface area contributed by atoms with Crippen LogP contribution in [-0.4, -0.2) is 23.2 Å². The SMILES string of the molecule is O=C(O)C=C1CC2CCC(C1)N2. The minimum Gasteiger partial charge on any atom is -0.478 e. The highest BCUT2D eigenvalue weighted by molar-refractivity contribution is 5.80. The van der Waals surface area contributed by atoms with Gasteiger partial charge < -0.3 is 10.4 Å². The summed E-state index contributed by atoms with van der Waals surface area (Å²) >= 11 is 0. The van der Waals surface area contributed by atoms with Crippen LogP contribution in [0.2, 0.25) is 0 Å². The summed E-state index contributed by atoms with van der Waals surface area (Å²) in [5.41, 5.74) is 1.11. The van der Waals surface area contributed by atoms with Crippen LogP contribution >= 0.6 is 0 Å². The number of piperidine rings is 1. The van der Waals surface area contributed by atoms with Crippen LogP contribution in [-0.2, 0) is 4.79 Å². The topological polar surface area (TPSA) is 49.3 Å². The van der Waals surface area contributed by atoms with E-state index in [4.69, 9.17) is 5.11 Å². The highest BCUT2D eigenvalue weighted by atomic mass is 16.4. The molecule has 0 aromatic heterocycles. The average Bonchev–Trinajstić information content (AvgIpc) is 2.29.